The van der Waals surface area contributed by atoms with E-state index < -0.39 is 5.54 Å². The number of anilines is 3. The van der Waals surface area contributed by atoms with Crippen molar-refractivity contribution in [1.82, 2.24) is 10.2 Å². The van der Waals surface area contributed by atoms with E-state index in [9.17, 15) is 14.0 Å². The molecule has 0 radical (unpaired) electrons. The lowest BCUT2D eigenvalue weighted by Gasteiger charge is -2.42. The molecule has 160 valence electrons. The Morgan fingerprint density at radius 2 is 1.94 bits per heavy atom. The third-order valence-corrected chi connectivity index (χ3v) is 6.84. The van der Waals surface area contributed by atoms with Crippen LogP contribution in [-0.4, -0.2) is 33.3 Å². The summed E-state index contributed by atoms with van der Waals surface area (Å²) in [6, 6.07) is 13.5. The maximum atomic E-state index is 13.1. The van der Waals surface area contributed by atoms with Gasteiger partial charge < -0.3 is 10.6 Å². The zero-order chi connectivity index (χ0) is 22.0. The van der Waals surface area contributed by atoms with E-state index in [0.717, 1.165) is 5.56 Å². The first-order valence-corrected chi connectivity index (χ1v) is 11.3. The number of nitrogens with zero attached hydrogens (tertiary/aromatic N) is 3. The van der Waals surface area contributed by atoms with Crippen molar-refractivity contribution in [2.75, 3.05) is 21.3 Å². The van der Waals surface area contributed by atoms with Gasteiger partial charge in [-0.3, -0.25) is 14.5 Å². The molecule has 4 rings (SSSR count). The van der Waals surface area contributed by atoms with Crippen LogP contribution in [0.4, 0.5) is 20.9 Å². The molecule has 31 heavy (non-hydrogen) atoms. The Balaban J connectivity index is 1.40. The molecule has 0 spiro atoms. The second kappa shape index (κ2) is 8.64. The third-order valence-electron chi connectivity index (χ3n) is 4.84. The summed E-state index contributed by atoms with van der Waals surface area (Å²) in [5.74, 6) is -0.571. The van der Waals surface area contributed by atoms with Gasteiger partial charge in [-0.2, -0.15) is 0 Å². The molecule has 0 bridgehead atoms. The van der Waals surface area contributed by atoms with E-state index in [1.54, 1.807) is 36.9 Å². The minimum Gasteiger partial charge on any atom is -0.356 e. The molecule has 1 aromatic heterocycles. The van der Waals surface area contributed by atoms with Crippen LogP contribution in [0.1, 0.15) is 19.4 Å². The number of hydrogen-bond donors (Lipinski definition) is 2. The van der Waals surface area contributed by atoms with Crippen LogP contribution in [0, 0.1) is 5.82 Å². The van der Waals surface area contributed by atoms with Crippen molar-refractivity contribution in [2.24, 2.45) is 0 Å². The molecule has 1 aliphatic rings. The second-order valence-electron chi connectivity index (χ2n) is 7.40. The van der Waals surface area contributed by atoms with E-state index >= 15 is 0 Å². The monoisotopic (exact) mass is 457 g/mol. The van der Waals surface area contributed by atoms with Gasteiger partial charge in [-0.1, -0.05) is 47.4 Å². The van der Waals surface area contributed by atoms with Gasteiger partial charge in [0.15, 0.2) is 4.34 Å². The number of carbonyl (C=O) groups excluding carboxylic acids is 2. The number of rotatable bonds is 6. The summed E-state index contributed by atoms with van der Waals surface area (Å²) in [6.45, 7) is 3.94. The summed E-state index contributed by atoms with van der Waals surface area (Å²) in [5, 5.41) is 14.8. The number of aromatic nitrogens is 2. The normalized spacial score (nSPS) is 14.7. The van der Waals surface area contributed by atoms with Crippen molar-refractivity contribution in [2.45, 2.75) is 30.3 Å². The number of nitrogens with one attached hydrogen (secondary N) is 2. The highest BCUT2D eigenvalue weighted by atomic mass is 32.2. The zero-order valence-electron chi connectivity index (χ0n) is 16.9. The Hall–Kier alpha value is -2.98. The highest BCUT2D eigenvalue weighted by Gasteiger charge is 2.43. The third kappa shape index (κ3) is 4.54. The molecule has 0 saturated carbocycles. The number of benzene rings is 2. The first kappa shape index (κ1) is 21.3. The minimum atomic E-state index is -1.00. The molecule has 10 heteroatoms. The van der Waals surface area contributed by atoms with Crippen LogP contribution in [0.15, 0.2) is 52.9 Å². The number of halogens is 1. The largest absolute Gasteiger partial charge is 0.356 e. The smallest absolute Gasteiger partial charge is 0.250 e. The fourth-order valence-corrected chi connectivity index (χ4v) is 4.80. The predicted molar refractivity (Wildman–Crippen MR) is 121 cm³/mol. The van der Waals surface area contributed by atoms with E-state index in [4.69, 9.17) is 0 Å². The lowest BCUT2D eigenvalue weighted by atomic mass is 9.96. The van der Waals surface area contributed by atoms with Gasteiger partial charge in [-0.15, -0.1) is 10.2 Å². The lowest BCUT2D eigenvalue weighted by molar-refractivity contribution is -0.125. The molecule has 0 unspecified atom stereocenters. The van der Waals surface area contributed by atoms with Crippen molar-refractivity contribution < 1.29 is 14.0 Å². The van der Waals surface area contributed by atoms with Crippen LogP contribution in [0.3, 0.4) is 0 Å². The highest BCUT2D eigenvalue weighted by molar-refractivity contribution is 8.01. The van der Waals surface area contributed by atoms with Crippen LogP contribution in [0.25, 0.3) is 0 Å². The van der Waals surface area contributed by atoms with E-state index in [1.165, 1.54) is 35.2 Å². The molecule has 0 atom stereocenters. The Bertz CT molecular complexity index is 1120. The van der Waals surface area contributed by atoms with Gasteiger partial charge in [-0.25, -0.2) is 4.39 Å². The Kier molecular flexibility index (Phi) is 5.92. The van der Waals surface area contributed by atoms with E-state index in [2.05, 4.69) is 20.8 Å². The fraction of sp³-hybridized carbons (Fsp3) is 0.238. The standard InChI is InChI=1S/C21H20FN5O2S2/c1-21(2)18(29)24-15-5-3-4-6-16(15)27(21)17(28)12-30-20-26-25-19(31-20)23-11-13-7-9-14(22)10-8-13/h3-10H,11-12H2,1-2H3,(H,23,25)(H,24,29). The molecule has 2 amide bonds. The molecule has 2 aromatic carbocycles. The van der Waals surface area contributed by atoms with Crippen molar-refractivity contribution in [3.63, 3.8) is 0 Å². The average Bonchev–Trinajstić information content (AvgIpc) is 3.20. The summed E-state index contributed by atoms with van der Waals surface area (Å²) < 4.78 is 13.6. The first-order valence-electron chi connectivity index (χ1n) is 9.53. The summed E-state index contributed by atoms with van der Waals surface area (Å²) in [6.07, 6.45) is 0. The molecule has 0 aliphatic carbocycles. The van der Waals surface area contributed by atoms with Crippen LogP contribution in [-0.2, 0) is 16.1 Å². The highest BCUT2D eigenvalue weighted by Crippen LogP contribution is 2.37. The Morgan fingerprint density at radius 3 is 2.71 bits per heavy atom. The van der Waals surface area contributed by atoms with E-state index in [0.29, 0.717) is 27.4 Å². The Labute approximate surface area is 187 Å². The molecule has 3 aromatic rings. The molecule has 0 fully saturated rings. The number of para-hydroxylation sites is 2. The zero-order valence-corrected chi connectivity index (χ0v) is 18.5. The summed E-state index contributed by atoms with van der Waals surface area (Å²) in [7, 11) is 0. The molecule has 2 N–H and O–H groups in total. The first-order chi connectivity index (χ1) is 14.8. The van der Waals surface area contributed by atoms with Crippen molar-refractivity contribution in [1.29, 1.82) is 0 Å². The van der Waals surface area contributed by atoms with Gasteiger partial charge in [0, 0.05) is 6.54 Å². The summed E-state index contributed by atoms with van der Waals surface area (Å²) >= 11 is 2.61. The Morgan fingerprint density at radius 1 is 1.19 bits per heavy atom. The van der Waals surface area contributed by atoms with Crippen LogP contribution < -0.4 is 15.5 Å². The number of amides is 2. The number of hydrogen-bond acceptors (Lipinski definition) is 7. The number of fused-ring (bicyclic) bond motifs is 1. The molecular formula is C21H20FN5O2S2. The van der Waals surface area contributed by atoms with Gasteiger partial charge >= 0.3 is 0 Å². The van der Waals surface area contributed by atoms with Gasteiger partial charge in [0.25, 0.3) is 0 Å². The quantitative estimate of drug-likeness (QED) is 0.541. The molecule has 2 heterocycles. The second-order valence-corrected chi connectivity index (χ2v) is 9.60. The number of carbonyl (C=O) groups is 2. The van der Waals surface area contributed by atoms with Gasteiger partial charge in [0.05, 0.1) is 17.1 Å². The lowest BCUT2D eigenvalue weighted by Crippen LogP contribution is -2.58. The molecule has 1 aliphatic heterocycles. The van der Waals surface area contributed by atoms with Gasteiger partial charge in [0.1, 0.15) is 11.4 Å². The van der Waals surface area contributed by atoms with Crippen LogP contribution in [0.2, 0.25) is 0 Å². The van der Waals surface area contributed by atoms with Gasteiger partial charge in [0.2, 0.25) is 16.9 Å². The molecule has 0 saturated heterocycles. The molecular weight excluding hydrogens is 437 g/mol. The maximum absolute atomic E-state index is 13.1. The SMILES string of the molecule is CC1(C)C(=O)Nc2ccccc2N1C(=O)CSc1nnc(NCc2ccc(F)cc2)s1. The maximum Gasteiger partial charge on any atom is 0.250 e. The van der Waals surface area contributed by atoms with Crippen molar-refractivity contribution >= 4 is 51.4 Å². The topological polar surface area (TPSA) is 87.2 Å². The van der Waals surface area contributed by atoms with Crippen LogP contribution in [0.5, 0.6) is 0 Å². The summed E-state index contributed by atoms with van der Waals surface area (Å²) in [5.41, 5.74) is 1.21. The van der Waals surface area contributed by atoms with Gasteiger partial charge in [-0.05, 0) is 43.7 Å². The van der Waals surface area contributed by atoms with Crippen LogP contribution >= 0.6 is 23.1 Å². The predicted octanol–water partition coefficient (Wildman–Crippen LogP) is 4.15. The fourth-order valence-electron chi connectivity index (χ4n) is 3.21. The van der Waals surface area contributed by atoms with Crippen molar-refractivity contribution in [3.8, 4) is 0 Å². The number of thioether (sulfide) groups is 1. The molecule has 7 nitrogen and oxygen atoms in total. The average molecular weight is 458 g/mol. The van der Waals surface area contributed by atoms with Crippen molar-refractivity contribution in [3.05, 3.63) is 59.9 Å². The van der Waals surface area contributed by atoms with E-state index in [-0.39, 0.29) is 23.4 Å². The minimum absolute atomic E-state index is 0.123. The summed E-state index contributed by atoms with van der Waals surface area (Å²) in [4.78, 5) is 27.1. The van der Waals surface area contributed by atoms with E-state index in [1.807, 2.05) is 18.2 Å².